The van der Waals surface area contributed by atoms with Crippen molar-refractivity contribution in [2.45, 2.75) is 45.6 Å². The van der Waals surface area contributed by atoms with Gasteiger partial charge in [0.2, 0.25) is 5.91 Å². The van der Waals surface area contributed by atoms with Gasteiger partial charge < -0.3 is 14.8 Å². The van der Waals surface area contributed by atoms with Crippen molar-refractivity contribution in [3.05, 3.63) is 35.6 Å². The van der Waals surface area contributed by atoms with Crippen LogP contribution in [0.2, 0.25) is 0 Å². The number of hydrogen-bond donors (Lipinski definition) is 2. The Morgan fingerprint density at radius 3 is 2.59 bits per heavy atom. The van der Waals surface area contributed by atoms with E-state index in [-0.39, 0.29) is 18.4 Å². The van der Waals surface area contributed by atoms with E-state index in [4.69, 9.17) is 9.52 Å². The van der Waals surface area contributed by atoms with E-state index < -0.39 is 5.97 Å². The molecular weight excluding hydrogens is 282 g/mol. The zero-order valence-corrected chi connectivity index (χ0v) is 12.9. The Kier molecular flexibility index (Phi) is 5.20. The number of nitrogens with one attached hydrogen (secondary N) is 1. The summed E-state index contributed by atoms with van der Waals surface area (Å²) in [5, 5.41) is 12.5. The van der Waals surface area contributed by atoms with E-state index in [1.807, 2.05) is 38.1 Å². The summed E-state index contributed by atoms with van der Waals surface area (Å²) in [6.45, 7) is 3.87. The Hall–Kier alpha value is -2.30. The van der Waals surface area contributed by atoms with Crippen molar-refractivity contribution in [2.75, 3.05) is 0 Å². The standard InChI is InChI=1S/C17H21NO4/c1-11-13-7-3-4-8-14(13)22-17(11)12(2)18-15(19)9-5-6-10-16(20)21/h3-4,7-8,12H,5-6,9-10H2,1-2H3,(H,18,19)(H,20,21). The fourth-order valence-electron chi connectivity index (χ4n) is 2.55. The number of carbonyl (C=O) groups excluding carboxylic acids is 1. The molecule has 5 nitrogen and oxygen atoms in total. The number of para-hydroxylation sites is 1. The number of aliphatic carboxylic acids is 1. The van der Waals surface area contributed by atoms with Gasteiger partial charge in [-0.25, -0.2) is 0 Å². The lowest BCUT2D eigenvalue weighted by Gasteiger charge is -2.12. The number of unbranched alkanes of at least 4 members (excludes halogenated alkanes) is 1. The molecule has 1 aromatic heterocycles. The third kappa shape index (κ3) is 3.87. The quantitative estimate of drug-likeness (QED) is 0.766. The minimum Gasteiger partial charge on any atom is -0.481 e. The average Bonchev–Trinajstić information content (AvgIpc) is 2.81. The number of aryl methyl sites for hydroxylation is 1. The molecule has 1 atom stereocenters. The van der Waals surface area contributed by atoms with Gasteiger partial charge in [-0.3, -0.25) is 9.59 Å². The van der Waals surface area contributed by atoms with E-state index in [0.717, 1.165) is 22.3 Å². The molecule has 22 heavy (non-hydrogen) atoms. The van der Waals surface area contributed by atoms with E-state index in [9.17, 15) is 9.59 Å². The summed E-state index contributed by atoms with van der Waals surface area (Å²) in [6, 6.07) is 7.57. The maximum Gasteiger partial charge on any atom is 0.303 e. The number of hydrogen-bond acceptors (Lipinski definition) is 3. The zero-order valence-electron chi connectivity index (χ0n) is 12.9. The summed E-state index contributed by atoms with van der Waals surface area (Å²) in [4.78, 5) is 22.3. The molecule has 2 aromatic rings. The first-order valence-corrected chi connectivity index (χ1v) is 7.48. The maximum absolute atomic E-state index is 11.9. The molecule has 0 aliphatic heterocycles. The molecule has 2 rings (SSSR count). The first-order valence-electron chi connectivity index (χ1n) is 7.48. The zero-order chi connectivity index (χ0) is 16.1. The van der Waals surface area contributed by atoms with E-state index in [1.165, 1.54) is 0 Å². The van der Waals surface area contributed by atoms with Crippen molar-refractivity contribution >= 4 is 22.8 Å². The Balaban J connectivity index is 1.93. The normalized spacial score (nSPS) is 12.3. The van der Waals surface area contributed by atoms with Crippen LogP contribution in [0.1, 0.15) is 50.0 Å². The van der Waals surface area contributed by atoms with Gasteiger partial charge in [-0.2, -0.15) is 0 Å². The van der Waals surface area contributed by atoms with Crippen LogP contribution in [0, 0.1) is 6.92 Å². The van der Waals surface area contributed by atoms with Gasteiger partial charge in [0.1, 0.15) is 11.3 Å². The molecule has 0 bridgehead atoms. The van der Waals surface area contributed by atoms with Gasteiger partial charge in [0.25, 0.3) is 0 Å². The summed E-state index contributed by atoms with van der Waals surface area (Å²) >= 11 is 0. The van der Waals surface area contributed by atoms with Crippen molar-refractivity contribution in [2.24, 2.45) is 0 Å². The highest BCUT2D eigenvalue weighted by Gasteiger charge is 2.18. The van der Waals surface area contributed by atoms with Gasteiger partial charge in [-0.15, -0.1) is 0 Å². The molecule has 0 saturated heterocycles. The molecule has 1 amide bonds. The molecule has 2 N–H and O–H groups in total. The molecule has 118 valence electrons. The highest BCUT2D eigenvalue weighted by molar-refractivity contribution is 5.82. The van der Waals surface area contributed by atoms with Crippen LogP contribution in [-0.4, -0.2) is 17.0 Å². The van der Waals surface area contributed by atoms with Crippen molar-refractivity contribution in [3.63, 3.8) is 0 Å². The SMILES string of the molecule is Cc1c(C(C)NC(=O)CCCCC(=O)O)oc2ccccc12. The molecule has 0 fully saturated rings. The number of carboxylic acids is 1. The smallest absolute Gasteiger partial charge is 0.303 e. The Morgan fingerprint density at radius 2 is 1.91 bits per heavy atom. The van der Waals surface area contributed by atoms with E-state index >= 15 is 0 Å². The number of benzene rings is 1. The second-order valence-electron chi connectivity index (χ2n) is 5.48. The second kappa shape index (κ2) is 7.11. The van der Waals surface area contributed by atoms with Crippen molar-refractivity contribution < 1.29 is 19.1 Å². The maximum atomic E-state index is 11.9. The van der Waals surface area contributed by atoms with Gasteiger partial charge in [0.05, 0.1) is 6.04 Å². The van der Waals surface area contributed by atoms with Crippen molar-refractivity contribution in [1.82, 2.24) is 5.32 Å². The number of amides is 1. The van der Waals surface area contributed by atoms with Crippen LogP contribution in [0.4, 0.5) is 0 Å². The van der Waals surface area contributed by atoms with Crippen LogP contribution in [-0.2, 0) is 9.59 Å². The highest BCUT2D eigenvalue weighted by Crippen LogP contribution is 2.29. The predicted octanol–water partition coefficient (Wildman–Crippen LogP) is 3.56. The van der Waals surface area contributed by atoms with Crippen LogP contribution in [0.15, 0.2) is 28.7 Å². The van der Waals surface area contributed by atoms with Gasteiger partial charge >= 0.3 is 5.97 Å². The molecule has 0 saturated carbocycles. The Bertz CT molecular complexity index is 674. The summed E-state index contributed by atoms with van der Waals surface area (Å²) in [5.41, 5.74) is 1.85. The third-order valence-electron chi connectivity index (χ3n) is 3.70. The molecule has 1 heterocycles. The Labute approximate surface area is 129 Å². The van der Waals surface area contributed by atoms with Gasteiger partial charge in [-0.1, -0.05) is 18.2 Å². The van der Waals surface area contributed by atoms with Gasteiger partial charge in [0.15, 0.2) is 0 Å². The summed E-state index contributed by atoms with van der Waals surface area (Å²) in [7, 11) is 0. The number of fused-ring (bicyclic) bond motifs is 1. The van der Waals surface area contributed by atoms with Crippen LogP contribution in [0.3, 0.4) is 0 Å². The number of furan rings is 1. The van der Waals surface area contributed by atoms with Crippen LogP contribution < -0.4 is 5.32 Å². The molecule has 1 unspecified atom stereocenters. The summed E-state index contributed by atoms with van der Waals surface area (Å²) in [5.74, 6) is -0.149. The van der Waals surface area contributed by atoms with Gasteiger partial charge in [-0.05, 0) is 32.8 Å². The molecule has 0 spiro atoms. The predicted molar refractivity (Wildman–Crippen MR) is 83.6 cm³/mol. The highest BCUT2D eigenvalue weighted by atomic mass is 16.4. The molecule has 0 aliphatic carbocycles. The topological polar surface area (TPSA) is 79.5 Å². The average molecular weight is 303 g/mol. The van der Waals surface area contributed by atoms with Crippen LogP contribution in [0.25, 0.3) is 11.0 Å². The summed E-state index contributed by atoms with van der Waals surface area (Å²) < 4.78 is 5.83. The van der Waals surface area contributed by atoms with Crippen molar-refractivity contribution in [3.8, 4) is 0 Å². The number of rotatable bonds is 7. The number of carbonyl (C=O) groups is 2. The van der Waals surface area contributed by atoms with E-state index in [1.54, 1.807) is 0 Å². The lowest BCUT2D eigenvalue weighted by molar-refractivity contribution is -0.137. The fourth-order valence-corrected chi connectivity index (χ4v) is 2.55. The Morgan fingerprint density at radius 1 is 1.23 bits per heavy atom. The molecule has 5 heteroatoms. The second-order valence-corrected chi connectivity index (χ2v) is 5.48. The van der Waals surface area contributed by atoms with E-state index in [0.29, 0.717) is 19.3 Å². The molecule has 0 radical (unpaired) electrons. The van der Waals surface area contributed by atoms with E-state index in [2.05, 4.69) is 5.32 Å². The molecule has 1 aromatic carbocycles. The summed E-state index contributed by atoms with van der Waals surface area (Å²) in [6.07, 6.45) is 1.52. The third-order valence-corrected chi connectivity index (χ3v) is 3.70. The first-order chi connectivity index (χ1) is 10.5. The lowest BCUT2D eigenvalue weighted by Crippen LogP contribution is -2.26. The number of carboxylic acid groups (broad SMARTS) is 1. The van der Waals surface area contributed by atoms with Gasteiger partial charge in [0, 0.05) is 23.8 Å². The molecule has 0 aliphatic rings. The monoisotopic (exact) mass is 303 g/mol. The van der Waals surface area contributed by atoms with Crippen molar-refractivity contribution in [1.29, 1.82) is 0 Å². The lowest BCUT2D eigenvalue weighted by atomic mass is 10.1. The minimum absolute atomic E-state index is 0.0854. The molecular formula is C17H21NO4. The first kappa shape index (κ1) is 16.1. The van der Waals surface area contributed by atoms with Crippen LogP contribution >= 0.6 is 0 Å². The largest absolute Gasteiger partial charge is 0.481 e. The van der Waals surface area contributed by atoms with Crippen LogP contribution in [0.5, 0.6) is 0 Å². The minimum atomic E-state index is -0.827. The fraction of sp³-hybridized carbons (Fsp3) is 0.412.